The van der Waals surface area contributed by atoms with Crippen molar-refractivity contribution in [2.45, 2.75) is 4.90 Å². The van der Waals surface area contributed by atoms with E-state index in [1.807, 2.05) is 0 Å². The first kappa shape index (κ1) is 17.6. The van der Waals surface area contributed by atoms with Crippen LogP contribution in [0.1, 0.15) is 0 Å². The molecule has 7 heteroatoms. The highest BCUT2D eigenvalue weighted by atomic mass is 35.5. The number of ether oxygens (including phenoxy) is 1. The summed E-state index contributed by atoms with van der Waals surface area (Å²) in [5.74, 6) is 0.984. The molecule has 0 amide bonds. The average molecular weight is 394 g/mol. The maximum absolute atomic E-state index is 12.4. The lowest BCUT2D eigenvalue weighted by molar-refractivity contribution is 0.482. The zero-order valence-electron chi connectivity index (χ0n) is 12.8. The molecule has 0 heterocycles. The summed E-state index contributed by atoms with van der Waals surface area (Å²) < 4.78 is 32.9. The SMILES string of the molecule is O=S(=O)(Nc1ccc(Cl)cc1)c1ccc(Oc2ccccc2Cl)cc1. The first-order valence-electron chi connectivity index (χ1n) is 7.25. The quantitative estimate of drug-likeness (QED) is 0.614. The van der Waals surface area contributed by atoms with E-state index in [4.69, 9.17) is 27.9 Å². The van der Waals surface area contributed by atoms with Crippen molar-refractivity contribution in [1.29, 1.82) is 0 Å². The Morgan fingerprint density at radius 1 is 0.800 bits per heavy atom. The molecule has 25 heavy (non-hydrogen) atoms. The van der Waals surface area contributed by atoms with Crippen molar-refractivity contribution in [3.63, 3.8) is 0 Å². The summed E-state index contributed by atoms with van der Waals surface area (Å²) in [5.41, 5.74) is 0.431. The van der Waals surface area contributed by atoms with Crippen molar-refractivity contribution in [2.75, 3.05) is 4.72 Å². The van der Waals surface area contributed by atoms with E-state index in [9.17, 15) is 8.42 Å². The zero-order valence-corrected chi connectivity index (χ0v) is 15.1. The molecule has 128 valence electrons. The minimum absolute atomic E-state index is 0.119. The second-order valence-electron chi connectivity index (χ2n) is 5.12. The number of halogens is 2. The Balaban J connectivity index is 1.77. The fraction of sp³-hybridized carbons (Fsp3) is 0. The van der Waals surface area contributed by atoms with Gasteiger partial charge in [-0.05, 0) is 60.7 Å². The Bertz CT molecular complexity index is 972. The molecule has 0 aliphatic rings. The summed E-state index contributed by atoms with van der Waals surface area (Å²) in [5, 5.41) is 1.01. The molecule has 0 saturated heterocycles. The summed E-state index contributed by atoms with van der Waals surface area (Å²) >= 11 is 11.8. The molecule has 0 fully saturated rings. The van der Waals surface area contributed by atoms with E-state index >= 15 is 0 Å². The standard InChI is InChI=1S/C18H13Cl2NO3S/c19-13-5-7-14(8-6-13)21-25(22,23)16-11-9-15(10-12-16)24-18-4-2-1-3-17(18)20/h1-12,21H. The summed E-state index contributed by atoms with van der Waals surface area (Å²) in [6.45, 7) is 0. The molecule has 0 aliphatic heterocycles. The molecule has 3 rings (SSSR count). The van der Waals surface area contributed by atoms with E-state index in [2.05, 4.69) is 4.72 Å². The van der Waals surface area contributed by atoms with Crippen molar-refractivity contribution in [1.82, 2.24) is 0 Å². The Morgan fingerprint density at radius 3 is 2.08 bits per heavy atom. The van der Waals surface area contributed by atoms with Gasteiger partial charge in [0.15, 0.2) is 0 Å². The number of benzene rings is 3. The van der Waals surface area contributed by atoms with Crippen LogP contribution in [0.15, 0.2) is 77.7 Å². The second kappa shape index (κ2) is 7.35. The number of nitrogens with one attached hydrogen (secondary N) is 1. The Labute approximate surface area is 156 Å². The third-order valence-electron chi connectivity index (χ3n) is 3.29. The van der Waals surface area contributed by atoms with Crippen molar-refractivity contribution in [2.24, 2.45) is 0 Å². The number of hydrogen-bond donors (Lipinski definition) is 1. The van der Waals surface area contributed by atoms with E-state index in [-0.39, 0.29) is 4.90 Å². The van der Waals surface area contributed by atoms with E-state index < -0.39 is 10.0 Å². The van der Waals surface area contributed by atoms with Gasteiger partial charge < -0.3 is 4.74 Å². The van der Waals surface area contributed by atoms with Crippen LogP contribution < -0.4 is 9.46 Å². The third-order valence-corrected chi connectivity index (χ3v) is 5.26. The van der Waals surface area contributed by atoms with Crippen LogP contribution in [0.3, 0.4) is 0 Å². The maximum atomic E-state index is 12.4. The monoisotopic (exact) mass is 393 g/mol. The summed E-state index contributed by atoms with van der Waals surface area (Å²) in [7, 11) is -3.70. The molecule has 0 bridgehead atoms. The van der Waals surface area contributed by atoms with Gasteiger partial charge in [-0.15, -0.1) is 0 Å². The molecule has 3 aromatic carbocycles. The van der Waals surface area contributed by atoms with Crippen LogP contribution in [0.4, 0.5) is 5.69 Å². The largest absolute Gasteiger partial charge is 0.456 e. The fourth-order valence-corrected chi connectivity index (χ4v) is 3.43. The molecule has 0 aromatic heterocycles. The highest BCUT2D eigenvalue weighted by molar-refractivity contribution is 7.92. The third kappa shape index (κ3) is 4.45. The number of sulfonamides is 1. The van der Waals surface area contributed by atoms with Gasteiger partial charge >= 0.3 is 0 Å². The normalized spacial score (nSPS) is 11.1. The minimum atomic E-state index is -3.70. The topological polar surface area (TPSA) is 55.4 Å². The maximum Gasteiger partial charge on any atom is 0.261 e. The van der Waals surface area contributed by atoms with Gasteiger partial charge in [-0.2, -0.15) is 0 Å². The van der Waals surface area contributed by atoms with Gasteiger partial charge in [0.2, 0.25) is 0 Å². The predicted octanol–water partition coefficient (Wildman–Crippen LogP) is 5.59. The van der Waals surface area contributed by atoms with Gasteiger partial charge in [0.1, 0.15) is 11.5 Å². The van der Waals surface area contributed by atoms with Gasteiger partial charge in [-0.25, -0.2) is 8.42 Å². The summed E-state index contributed by atoms with van der Waals surface area (Å²) in [6, 6.07) is 19.5. The summed E-state index contributed by atoms with van der Waals surface area (Å²) in [4.78, 5) is 0.119. The minimum Gasteiger partial charge on any atom is -0.456 e. The van der Waals surface area contributed by atoms with Crippen molar-refractivity contribution < 1.29 is 13.2 Å². The number of para-hydroxylation sites is 1. The van der Waals surface area contributed by atoms with Crippen LogP contribution in [0.25, 0.3) is 0 Å². The van der Waals surface area contributed by atoms with E-state index in [1.165, 1.54) is 12.1 Å². The highest BCUT2D eigenvalue weighted by Crippen LogP contribution is 2.29. The molecule has 4 nitrogen and oxygen atoms in total. The Kier molecular flexibility index (Phi) is 5.18. The van der Waals surface area contributed by atoms with Gasteiger partial charge in [0.25, 0.3) is 10.0 Å². The molecule has 1 N–H and O–H groups in total. The van der Waals surface area contributed by atoms with Crippen LogP contribution in [0.5, 0.6) is 11.5 Å². The lowest BCUT2D eigenvalue weighted by atomic mass is 10.3. The van der Waals surface area contributed by atoms with Gasteiger partial charge in [0.05, 0.1) is 9.92 Å². The van der Waals surface area contributed by atoms with Gasteiger partial charge in [0, 0.05) is 10.7 Å². The Hall–Kier alpha value is -2.21. The highest BCUT2D eigenvalue weighted by Gasteiger charge is 2.14. The average Bonchev–Trinajstić information content (AvgIpc) is 2.59. The Morgan fingerprint density at radius 2 is 1.44 bits per heavy atom. The lowest BCUT2D eigenvalue weighted by Crippen LogP contribution is -2.12. The van der Waals surface area contributed by atoms with Gasteiger partial charge in [-0.1, -0.05) is 35.3 Å². The van der Waals surface area contributed by atoms with Crippen molar-refractivity contribution in [3.05, 3.63) is 82.8 Å². The number of rotatable bonds is 5. The molecule has 0 saturated carbocycles. The van der Waals surface area contributed by atoms with Crippen molar-refractivity contribution >= 4 is 38.9 Å². The van der Waals surface area contributed by atoms with Crippen molar-refractivity contribution in [3.8, 4) is 11.5 Å². The first-order valence-corrected chi connectivity index (χ1v) is 9.49. The van der Waals surface area contributed by atoms with Crippen LogP contribution >= 0.6 is 23.2 Å². The van der Waals surface area contributed by atoms with Crippen LogP contribution in [0, 0.1) is 0 Å². The lowest BCUT2D eigenvalue weighted by Gasteiger charge is -2.10. The van der Waals surface area contributed by atoms with Crippen LogP contribution in [0.2, 0.25) is 10.0 Å². The van der Waals surface area contributed by atoms with E-state index in [1.54, 1.807) is 60.7 Å². The molecule has 0 radical (unpaired) electrons. The first-order chi connectivity index (χ1) is 11.9. The van der Waals surface area contributed by atoms with Gasteiger partial charge in [-0.3, -0.25) is 4.72 Å². The van der Waals surface area contributed by atoms with Crippen LogP contribution in [-0.4, -0.2) is 8.42 Å². The number of hydrogen-bond acceptors (Lipinski definition) is 3. The second-order valence-corrected chi connectivity index (χ2v) is 7.64. The molecule has 0 unspecified atom stereocenters. The van der Waals surface area contributed by atoms with E-state index in [0.717, 1.165) is 0 Å². The predicted molar refractivity (Wildman–Crippen MR) is 100 cm³/mol. The van der Waals surface area contributed by atoms with Crippen LogP contribution in [-0.2, 0) is 10.0 Å². The number of anilines is 1. The molecule has 3 aromatic rings. The molecular formula is C18H13Cl2NO3S. The molecule has 0 atom stereocenters. The molecule has 0 spiro atoms. The zero-order chi connectivity index (χ0) is 17.9. The fourth-order valence-electron chi connectivity index (χ4n) is 2.07. The smallest absolute Gasteiger partial charge is 0.261 e. The molecular weight excluding hydrogens is 381 g/mol. The summed E-state index contributed by atoms with van der Waals surface area (Å²) in [6.07, 6.45) is 0. The van der Waals surface area contributed by atoms with E-state index in [0.29, 0.717) is 27.2 Å². The molecule has 0 aliphatic carbocycles.